The summed E-state index contributed by atoms with van der Waals surface area (Å²) in [5.74, 6) is -1.60. The summed E-state index contributed by atoms with van der Waals surface area (Å²) in [5.41, 5.74) is 1.86. The van der Waals surface area contributed by atoms with Crippen LogP contribution in [0.15, 0.2) is 30.3 Å². The van der Waals surface area contributed by atoms with Crippen LogP contribution in [0.3, 0.4) is 0 Å². The molecule has 23 heavy (non-hydrogen) atoms. The summed E-state index contributed by atoms with van der Waals surface area (Å²) in [6.07, 6.45) is 2.09. The number of hydrogen-bond acceptors (Lipinski definition) is 2. The van der Waals surface area contributed by atoms with Crippen LogP contribution in [0.2, 0.25) is 0 Å². The van der Waals surface area contributed by atoms with E-state index in [-0.39, 0.29) is 29.0 Å². The standard InChI is InChI=1S/C19H18F2O2/c1-3-4-14-9-13-7-8-15(17(21)18(13)23-19(14)22)12-6-5-11(2)16(20)10-12/h5-8,10,14H,3-4,9H2,1-2H3. The Kier molecular flexibility index (Phi) is 4.16. The summed E-state index contributed by atoms with van der Waals surface area (Å²) in [6.45, 7) is 3.65. The molecular weight excluding hydrogens is 298 g/mol. The molecule has 3 rings (SSSR count). The number of aryl methyl sites for hydroxylation is 1. The Morgan fingerprint density at radius 2 is 2.00 bits per heavy atom. The van der Waals surface area contributed by atoms with E-state index in [0.717, 1.165) is 12.8 Å². The third-order valence-electron chi connectivity index (χ3n) is 4.30. The van der Waals surface area contributed by atoms with Crippen LogP contribution in [0.5, 0.6) is 5.75 Å². The van der Waals surface area contributed by atoms with Gasteiger partial charge in [0.15, 0.2) is 11.6 Å². The van der Waals surface area contributed by atoms with Gasteiger partial charge in [-0.05, 0) is 42.5 Å². The Morgan fingerprint density at radius 1 is 1.22 bits per heavy atom. The van der Waals surface area contributed by atoms with Crippen LogP contribution < -0.4 is 4.74 Å². The van der Waals surface area contributed by atoms with E-state index in [1.807, 2.05) is 6.92 Å². The molecule has 0 aliphatic carbocycles. The van der Waals surface area contributed by atoms with Crippen molar-refractivity contribution in [1.29, 1.82) is 0 Å². The molecule has 1 aliphatic rings. The molecule has 0 saturated carbocycles. The first-order chi connectivity index (χ1) is 11.0. The molecule has 4 heteroatoms. The molecule has 2 aromatic rings. The van der Waals surface area contributed by atoms with Crippen molar-refractivity contribution in [1.82, 2.24) is 0 Å². The largest absolute Gasteiger partial charge is 0.423 e. The van der Waals surface area contributed by atoms with E-state index in [9.17, 15) is 13.6 Å². The molecule has 0 saturated heterocycles. The Morgan fingerprint density at radius 3 is 2.70 bits per heavy atom. The third-order valence-corrected chi connectivity index (χ3v) is 4.30. The van der Waals surface area contributed by atoms with E-state index in [1.165, 1.54) is 6.07 Å². The molecular formula is C19H18F2O2. The fourth-order valence-corrected chi connectivity index (χ4v) is 2.95. The molecule has 1 heterocycles. The Hall–Kier alpha value is -2.23. The van der Waals surface area contributed by atoms with Crippen LogP contribution in [0.1, 0.15) is 30.9 Å². The van der Waals surface area contributed by atoms with Crippen molar-refractivity contribution >= 4 is 5.97 Å². The van der Waals surface area contributed by atoms with E-state index in [4.69, 9.17) is 4.74 Å². The van der Waals surface area contributed by atoms with Crippen molar-refractivity contribution in [3.63, 3.8) is 0 Å². The zero-order valence-electron chi connectivity index (χ0n) is 13.2. The smallest absolute Gasteiger partial charge is 0.314 e. The number of ether oxygens (including phenoxy) is 1. The molecule has 2 nitrogen and oxygen atoms in total. The molecule has 0 amide bonds. The second-order valence-electron chi connectivity index (χ2n) is 5.99. The minimum atomic E-state index is -0.603. The van der Waals surface area contributed by atoms with Crippen LogP contribution >= 0.6 is 0 Å². The van der Waals surface area contributed by atoms with Crippen molar-refractivity contribution in [3.8, 4) is 16.9 Å². The van der Waals surface area contributed by atoms with Gasteiger partial charge in [-0.2, -0.15) is 0 Å². The average molecular weight is 316 g/mol. The highest BCUT2D eigenvalue weighted by atomic mass is 19.1. The van der Waals surface area contributed by atoms with Gasteiger partial charge in [-0.1, -0.05) is 37.6 Å². The maximum atomic E-state index is 14.8. The first-order valence-electron chi connectivity index (χ1n) is 7.80. The van der Waals surface area contributed by atoms with Gasteiger partial charge in [-0.15, -0.1) is 0 Å². The third kappa shape index (κ3) is 2.85. The van der Waals surface area contributed by atoms with E-state index in [1.54, 1.807) is 31.2 Å². The number of hydrogen-bond donors (Lipinski definition) is 0. The number of esters is 1. The van der Waals surface area contributed by atoms with Crippen molar-refractivity contribution in [3.05, 3.63) is 53.1 Å². The van der Waals surface area contributed by atoms with Crippen LogP contribution in [-0.2, 0) is 11.2 Å². The van der Waals surface area contributed by atoms with Gasteiger partial charge in [-0.3, -0.25) is 4.79 Å². The monoisotopic (exact) mass is 316 g/mol. The first kappa shape index (κ1) is 15.7. The van der Waals surface area contributed by atoms with Crippen LogP contribution in [-0.4, -0.2) is 5.97 Å². The number of carbonyl (C=O) groups is 1. The summed E-state index contributed by atoms with van der Waals surface area (Å²) in [6, 6.07) is 7.95. The van der Waals surface area contributed by atoms with Crippen LogP contribution in [0, 0.1) is 24.5 Å². The van der Waals surface area contributed by atoms with Crippen molar-refractivity contribution in [2.45, 2.75) is 33.1 Å². The Balaban J connectivity index is 2.02. The summed E-state index contributed by atoms with van der Waals surface area (Å²) in [7, 11) is 0. The van der Waals surface area contributed by atoms with Gasteiger partial charge in [0.25, 0.3) is 0 Å². The lowest BCUT2D eigenvalue weighted by molar-refractivity contribution is -0.140. The second kappa shape index (κ2) is 6.11. The van der Waals surface area contributed by atoms with E-state index in [0.29, 0.717) is 23.1 Å². The highest BCUT2D eigenvalue weighted by Crippen LogP contribution is 2.37. The van der Waals surface area contributed by atoms with Crippen molar-refractivity contribution in [2.24, 2.45) is 5.92 Å². The average Bonchev–Trinajstić information content (AvgIpc) is 2.52. The van der Waals surface area contributed by atoms with Gasteiger partial charge >= 0.3 is 5.97 Å². The SMILES string of the molecule is CCCC1Cc2ccc(-c3ccc(C)c(F)c3)c(F)c2OC1=O. The highest BCUT2D eigenvalue weighted by Gasteiger charge is 2.30. The van der Waals surface area contributed by atoms with Crippen LogP contribution in [0.4, 0.5) is 8.78 Å². The van der Waals surface area contributed by atoms with Gasteiger partial charge in [0.1, 0.15) is 5.82 Å². The first-order valence-corrected chi connectivity index (χ1v) is 7.80. The zero-order valence-corrected chi connectivity index (χ0v) is 13.2. The summed E-state index contributed by atoms with van der Waals surface area (Å²) in [4.78, 5) is 12.0. The lowest BCUT2D eigenvalue weighted by Gasteiger charge is -2.24. The molecule has 2 aromatic carbocycles. The second-order valence-corrected chi connectivity index (χ2v) is 5.99. The van der Waals surface area contributed by atoms with Gasteiger partial charge < -0.3 is 4.74 Å². The molecule has 0 bridgehead atoms. The quantitative estimate of drug-likeness (QED) is 0.599. The normalized spacial score (nSPS) is 16.9. The summed E-state index contributed by atoms with van der Waals surface area (Å²) >= 11 is 0. The fraction of sp³-hybridized carbons (Fsp3) is 0.316. The Labute approximate surface area is 134 Å². The van der Waals surface area contributed by atoms with Crippen molar-refractivity contribution in [2.75, 3.05) is 0 Å². The summed E-state index contributed by atoms with van der Waals surface area (Å²) in [5, 5.41) is 0. The molecule has 0 radical (unpaired) electrons. The minimum Gasteiger partial charge on any atom is -0.423 e. The maximum absolute atomic E-state index is 14.8. The van der Waals surface area contributed by atoms with Crippen LogP contribution in [0.25, 0.3) is 11.1 Å². The molecule has 0 spiro atoms. The lowest BCUT2D eigenvalue weighted by Crippen LogP contribution is -2.28. The van der Waals surface area contributed by atoms with Gasteiger partial charge in [0, 0.05) is 5.56 Å². The number of benzene rings is 2. The molecule has 1 unspecified atom stereocenters. The van der Waals surface area contributed by atoms with E-state index >= 15 is 0 Å². The number of fused-ring (bicyclic) bond motifs is 1. The van der Waals surface area contributed by atoms with Crippen molar-refractivity contribution < 1.29 is 18.3 Å². The number of rotatable bonds is 3. The minimum absolute atomic E-state index is 0.0131. The number of halogens is 2. The van der Waals surface area contributed by atoms with Gasteiger partial charge in [0.05, 0.1) is 5.92 Å². The lowest BCUT2D eigenvalue weighted by atomic mass is 9.90. The molecule has 0 fully saturated rings. The molecule has 1 atom stereocenters. The fourth-order valence-electron chi connectivity index (χ4n) is 2.95. The predicted molar refractivity (Wildman–Crippen MR) is 84.3 cm³/mol. The predicted octanol–water partition coefficient (Wildman–Crippen LogP) is 4.82. The van der Waals surface area contributed by atoms with Gasteiger partial charge in [0.2, 0.25) is 0 Å². The highest BCUT2D eigenvalue weighted by molar-refractivity contribution is 5.79. The Bertz CT molecular complexity index is 768. The maximum Gasteiger partial charge on any atom is 0.314 e. The zero-order chi connectivity index (χ0) is 16.6. The molecule has 0 N–H and O–H groups in total. The molecule has 0 aromatic heterocycles. The molecule has 1 aliphatic heterocycles. The van der Waals surface area contributed by atoms with Gasteiger partial charge in [-0.25, -0.2) is 8.78 Å². The summed E-state index contributed by atoms with van der Waals surface area (Å²) < 4.78 is 33.7. The molecule has 120 valence electrons. The van der Waals surface area contributed by atoms with E-state index in [2.05, 4.69) is 0 Å². The number of carbonyl (C=O) groups excluding carboxylic acids is 1. The topological polar surface area (TPSA) is 26.3 Å². The van der Waals surface area contributed by atoms with E-state index < -0.39 is 5.82 Å².